The number of hydrogen-bond acceptors (Lipinski definition) is 3. The van der Waals surface area contributed by atoms with Gasteiger partial charge in [-0.3, -0.25) is 9.38 Å². The van der Waals surface area contributed by atoms with Crippen LogP contribution in [-0.4, -0.2) is 20.4 Å². The predicted molar refractivity (Wildman–Crippen MR) is 128 cm³/mol. The zero-order chi connectivity index (χ0) is 24.4. The van der Waals surface area contributed by atoms with Crippen molar-refractivity contribution in [3.05, 3.63) is 103 Å². The standard InChI is InChI=1S/C26H18F3N5O/c27-26(28,29)20-2-1-3-22(15-20)33-25(35)32-21-6-4-18(5-7-21)23-16-31-24-14-19(10-13-34(23)24)17-8-11-30-12-9-17/h1-16H,(H2,32,33,35). The van der Waals surface area contributed by atoms with Crippen LogP contribution < -0.4 is 10.6 Å². The summed E-state index contributed by atoms with van der Waals surface area (Å²) in [5, 5.41) is 5.05. The molecule has 0 fully saturated rings. The summed E-state index contributed by atoms with van der Waals surface area (Å²) in [7, 11) is 0. The minimum Gasteiger partial charge on any atom is -0.308 e. The molecular formula is C26H18F3N5O. The number of aromatic nitrogens is 3. The highest BCUT2D eigenvalue weighted by Crippen LogP contribution is 2.31. The molecule has 0 saturated carbocycles. The molecule has 0 radical (unpaired) electrons. The Hall–Kier alpha value is -4.66. The molecule has 0 aliphatic rings. The van der Waals surface area contributed by atoms with E-state index in [4.69, 9.17) is 0 Å². The van der Waals surface area contributed by atoms with E-state index in [2.05, 4.69) is 20.6 Å². The largest absolute Gasteiger partial charge is 0.416 e. The van der Waals surface area contributed by atoms with Crippen LogP contribution in [0.5, 0.6) is 0 Å². The number of nitrogens with one attached hydrogen (secondary N) is 2. The molecule has 0 aliphatic carbocycles. The maximum absolute atomic E-state index is 12.9. The molecule has 0 saturated heterocycles. The lowest BCUT2D eigenvalue weighted by atomic mass is 10.1. The van der Waals surface area contributed by atoms with Gasteiger partial charge in [0, 0.05) is 35.5 Å². The topological polar surface area (TPSA) is 71.3 Å². The number of urea groups is 1. The third-order valence-corrected chi connectivity index (χ3v) is 5.41. The molecule has 0 unspecified atom stereocenters. The van der Waals surface area contributed by atoms with Crippen LogP contribution in [0.25, 0.3) is 28.0 Å². The molecule has 5 aromatic rings. The van der Waals surface area contributed by atoms with E-state index in [0.29, 0.717) is 5.69 Å². The molecule has 5 rings (SSSR count). The van der Waals surface area contributed by atoms with Gasteiger partial charge in [-0.1, -0.05) is 18.2 Å². The predicted octanol–water partition coefficient (Wildman–Crippen LogP) is 6.73. The van der Waals surface area contributed by atoms with Crippen molar-refractivity contribution in [3.8, 4) is 22.4 Å². The van der Waals surface area contributed by atoms with Crippen LogP contribution in [0.3, 0.4) is 0 Å². The number of amides is 2. The maximum Gasteiger partial charge on any atom is 0.416 e. The molecule has 6 nitrogen and oxygen atoms in total. The highest BCUT2D eigenvalue weighted by Gasteiger charge is 2.30. The van der Waals surface area contributed by atoms with E-state index in [1.54, 1.807) is 30.7 Å². The van der Waals surface area contributed by atoms with Crippen molar-refractivity contribution in [1.29, 1.82) is 0 Å². The van der Waals surface area contributed by atoms with Crippen molar-refractivity contribution in [2.24, 2.45) is 0 Å². The molecule has 174 valence electrons. The van der Waals surface area contributed by atoms with Gasteiger partial charge in [0.15, 0.2) is 0 Å². The number of carbonyl (C=O) groups is 1. The van der Waals surface area contributed by atoms with Gasteiger partial charge in [-0.05, 0) is 65.7 Å². The molecule has 35 heavy (non-hydrogen) atoms. The highest BCUT2D eigenvalue weighted by molar-refractivity contribution is 5.99. The van der Waals surface area contributed by atoms with Crippen LogP contribution in [0.15, 0.2) is 97.6 Å². The second-order valence-electron chi connectivity index (χ2n) is 7.76. The molecule has 3 heterocycles. The van der Waals surface area contributed by atoms with Gasteiger partial charge in [-0.2, -0.15) is 13.2 Å². The lowest BCUT2D eigenvalue weighted by Crippen LogP contribution is -2.19. The van der Waals surface area contributed by atoms with Crippen LogP contribution in [-0.2, 0) is 6.18 Å². The van der Waals surface area contributed by atoms with Crippen molar-refractivity contribution in [2.75, 3.05) is 10.6 Å². The number of benzene rings is 2. The smallest absolute Gasteiger partial charge is 0.308 e. The molecule has 0 spiro atoms. The van der Waals surface area contributed by atoms with E-state index < -0.39 is 17.8 Å². The fourth-order valence-corrected chi connectivity index (χ4v) is 3.71. The summed E-state index contributed by atoms with van der Waals surface area (Å²) in [6.45, 7) is 0. The van der Waals surface area contributed by atoms with Crippen LogP contribution in [0, 0.1) is 0 Å². The monoisotopic (exact) mass is 473 g/mol. The number of rotatable bonds is 4. The Labute approximate surface area is 198 Å². The van der Waals surface area contributed by atoms with Crippen LogP contribution in [0.2, 0.25) is 0 Å². The molecular weight excluding hydrogens is 455 g/mol. The Morgan fingerprint density at radius 2 is 1.54 bits per heavy atom. The molecule has 0 aliphatic heterocycles. The number of anilines is 2. The number of halogens is 3. The lowest BCUT2D eigenvalue weighted by Gasteiger charge is -2.11. The van der Waals surface area contributed by atoms with E-state index >= 15 is 0 Å². The Bertz CT molecular complexity index is 1500. The number of pyridine rings is 2. The molecule has 3 aromatic heterocycles. The minimum atomic E-state index is -4.48. The number of fused-ring (bicyclic) bond motifs is 1. The molecule has 2 N–H and O–H groups in total. The third-order valence-electron chi connectivity index (χ3n) is 5.41. The van der Waals surface area contributed by atoms with Crippen molar-refractivity contribution >= 4 is 23.1 Å². The summed E-state index contributed by atoms with van der Waals surface area (Å²) in [6.07, 6.45) is 2.72. The van der Waals surface area contributed by atoms with Gasteiger partial charge in [0.05, 0.1) is 17.5 Å². The second-order valence-corrected chi connectivity index (χ2v) is 7.76. The van der Waals surface area contributed by atoms with Crippen LogP contribution >= 0.6 is 0 Å². The van der Waals surface area contributed by atoms with E-state index in [-0.39, 0.29) is 5.69 Å². The fourth-order valence-electron chi connectivity index (χ4n) is 3.71. The normalized spacial score (nSPS) is 11.4. The zero-order valence-corrected chi connectivity index (χ0v) is 18.1. The Morgan fingerprint density at radius 3 is 2.29 bits per heavy atom. The highest BCUT2D eigenvalue weighted by atomic mass is 19.4. The third kappa shape index (κ3) is 4.84. The summed E-state index contributed by atoms with van der Waals surface area (Å²) >= 11 is 0. The van der Waals surface area contributed by atoms with E-state index in [1.807, 2.05) is 47.0 Å². The van der Waals surface area contributed by atoms with Gasteiger partial charge in [0.1, 0.15) is 5.65 Å². The summed E-state index contributed by atoms with van der Waals surface area (Å²) in [5.74, 6) is 0. The SMILES string of the molecule is O=C(Nc1ccc(-c2cnc3cc(-c4ccncc4)ccn23)cc1)Nc1cccc(C(F)(F)F)c1. The second kappa shape index (κ2) is 8.94. The average molecular weight is 473 g/mol. The first-order chi connectivity index (χ1) is 16.9. The Kier molecular flexibility index (Phi) is 5.66. The number of hydrogen-bond donors (Lipinski definition) is 2. The van der Waals surface area contributed by atoms with Gasteiger partial charge < -0.3 is 10.6 Å². The van der Waals surface area contributed by atoms with E-state index in [1.165, 1.54) is 12.1 Å². The van der Waals surface area contributed by atoms with Gasteiger partial charge in [-0.25, -0.2) is 9.78 Å². The first-order valence-corrected chi connectivity index (χ1v) is 10.6. The van der Waals surface area contributed by atoms with Gasteiger partial charge in [0.2, 0.25) is 0 Å². The summed E-state index contributed by atoms with van der Waals surface area (Å²) < 4.78 is 40.6. The summed E-state index contributed by atoms with van der Waals surface area (Å²) in [6, 6.07) is 18.8. The summed E-state index contributed by atoms with van der Waals surface area (Å²) in [5.41, 5.74) is 4.34. The van der Waals surface area contributed by atoms with Crippen molar-refractivity contribution in [2.45, 2.75) is 6.18 Å². The molecule has 2 aromatic carbocycles. The van der Waals surface area contributed by atoms with Gasteiger partial charge in [0.25, 0.3) is 0 Å². The van der Waals surface area contributed by atoms with Crippen molar-refractivity contribution < 1.29 is 18.0 Å². The maximum atomic E-state index is 12.9. The molecule has 0 bridgehead atoms. The number of carbonyl (C=O) groups excluding carboxylic acids is 1. The Morgan fingerprint density at radius 1 is 0.800 bits per heavy atom. The van der Waals surface area contributed by atoms with Gasteiger partial charge in [-0.15, -0.1) is 0 Å². The number of alkyl halides is 3. The van der Waals surface area contributed by atoms with Crippen molar-refractivity contribution in [1.82, 2.24) is 14.4 Å². The van der Waals surface area contributed by atoms with Gasteiger partial charge >= 0.3 is 12.2 Å². The molecule has 0 atom stereocenters. The zero-order valence-electron chi connectivity index (χ0n) is 18.1. The first kappa shape index (κ1) is 22.1. The minimum absolute atomic E-state index is 0.0470. The molecule has 2 amide bonds. The lowest BCUT2D eigenvalue weighted by molar-refractivity contribution is -0.137. The molecule has 9 heteroatoms. The Balaban J connectivity index is 1.30. The van der Waals surface area contributed by atoms with Crippen molar-refractivity contribution in [3.63, 3.8) is 0 Å². The number of imidazole rings is 1. The van der Waals surface area contributed by atoms with E-state index in [0.717, 1.165) is 40.2 Å². The first-order valence-electron chi connectivity index (χ1n) is 10.6. The van der Waals surface area contributed by atoms with Crippen LogP contribution in [0.1, 0.15) is 5.56 Å². The quantitative estimate of drug-likeness (QED) is 0.304. The number of nitrogens with zero attached hydrogens (tertiary/aromatic N) is 3. The average Bonchev–Trinajstić information content (AvgIpc) is 3.28. The fraction of sp³-hybridized carbons (Fsp3) is 0.0385. The van der Waals surface area contributed by atoms with Crippen LogP contribution in [0.4, 0.5) is 29.3 Å². The van der Waals surface area contributed by atoms with E-state index in [9.17, 15) is 18.0 Å². The summed E-state index contributed by atoms with van der Waals surface area (Å²) in [4.78, 5) is 20.8.